The van der Waals surface area contributed by atoms with Crippen LogP contribution < -0.4 is 5.32 Å². The predicted molar refractivity (Wildman–Crippen MR) is 56.0 cm³/mol. The fourth-order valence-electron chi connectivity index (χ4n) is 1.36. The van der Waals surface area contributed by atoms with Crippen LogP contribution in [-0.2, 0) is 6.54 Å². The van der Waals surface area contributed by atoms with Crippen molar-refractivity contribution in [3.05, 3.63) is 23.7 Å². The Morgan fingerprint density at radius 1 is 1.36 bits per heavy atom. The van der Waals surface area contributed by atoms with Gasteiger partial charge in [-0.15, -0.1) is 0 Å². The van der Waals surface area contributed by atoms with E-state index in [1.807, 2.05) is 19.1 Å². The highest BCUT2D eigenvalue weighted by atomic mass is 15.0. The number of nitrogens with zero attached hydrogens (tertiary/aromatic N) is 2. The number of aromatic amines is 1. The number of aromatic nitrogens is 3. The molecule has 4 heteroatoms. The van der Waals surface area contributed by atoms with Crippen LogP contribution in [0.3, 0.4) is 0 Å². The quantitative estimate of drug-likeness (QED) is 0.768. The van der Waals surface area contributed by atoms with E-state index in [1.165, 1.54) is 0 Å². The molecule has 74 valence electrons. The smallest absolute Gasteiger partial charge is 0.177 e. The number of nitrogens with one attached hydrogen (secondary N) is 2. The lowest BCUT2D eigenvalue weighted by Gasteiger charge is -1.94. The van der Waals surface area contributed by atoms with Gasteiger partial charge in [0.05, 0.1) is 12.1 Å². The summed E-state index contributed by atoms with van der Waals surface area (Å²) in [5.41, 5.74) is 2.81. The number of hydrogen-bond acceptors (Lipinski definition) is 3. The fraction of sp³-hybridized carbons (Fsp3) is 0.400. The summed E-state index contributed by atoms with van der Waals surface area (Å²) in [5.74, 6) is 0.944. The lowest BCUT2D eigenvalue weighted by Crippen LogP contribution is -2.12. The SMILES string of the molecule is CCNCc1nc2nc(C)ccc2[nH]1. The number of imidazole rings is 1. The minimum Gasteiger partial charge on any atom is -0.340 e. The van der Waals surface area contributed by atoms with E-state index in [2.05, 4.69) is 27.2 Å². The summed E-state index contributed by atoms with van der Waals surface area (Å²) in [6, 6.07) is 4.00. The van der Waals surface area contributed by atoms with Crippen LogP contribution in [0.2, 0.25) is 0 Å². The van der Waals surface area contributed by atoms with E-state index in [4.69, 9.17) is 0 Å². The Morgan fingerprint density at radius 3 is 3.00 bits per heavy atom. The second-order valence-corrected chi connectivity index (χ2v) is 3.29. The molecular formula is C10H14N4. The third-order valence-electron chi connectivity index (χ3n) is 2.08. The molecule has 0 aromatic carbocycles. The lowest BCUT2D eigenvalue weighted by atomic mass is 10.4. The third kappa shape index (κ3) is 1.75. The number of H-pyrrole nitrogens is 1. The number of pyridine rings is 1. The minimum absolute atomic E-state index is 0.770. The summed E-state index contributed by atoms with van der Waals surface area (Å²) in [7, 11) is 0. The zero-order valence-electron chi connectivity index (χ0n) is 8.46. The molecule has 0 aliphatic heterocycles. The molecular weight excluding hydrogens is 176 g/mol. The zero-order valence-corrected chi connectivity index (χ0v) is 8.46. The second kappa shape index (κ2) is 3.75. The Balaban J connectivity index is 2.32. The van der Waals surface area contributed by atoms with Gasteiger partial charge in [0.15, 0.2) is 5.65 Å². The van der Waals surface area contributed by atoms with Crippen LogP contribution in [0.25, 0.3) is 11.2 Å². The van der Waals surface area contributed by atoms with Crippen LogP contribution >= 0.6 is 0 Å². The van der Waals surface area contributed by atoms with Crippen molar-refractivity contribution < 1.29 is 0 Å². The molecule has 2 aromatic heterocycles. The van der Waals surface area contributed by atoms with Crippen molar-refractivity contribution in [1.29, 1.82) is 0 Å². The predicted octanol–water partition coefficient (Wildman–Crippen LogP) is 1.38. The van der Waals surface area contributed by atoms with Crippen molar-refractivity contribution in [2.24, 2.45) is 0 Å². The molecule has 0 spiro atoms. The van der Waals surface area contributed by atoms with Gasteiger partial charge >= 0.3 is 0 Å². The van der Waals surface area contributed by atoms with Gasteiger partial charge in [-0.25, -0.2) is 9.97 Å². The van der Waals surface area contributed by atoms with E-state index < -0.39 is 0 Å². The van der Waals surface area contributed by atoms with E-state index >= 15 is 0 Å². The number of fused-ring (bicyclic) bond motifs is 1. The van der Waals surface area contributed by atoms with Crippen LogP contribution in [0.4, 0.5) is 0 Å². The van der Waals surface area contributed by atoms with Gasteiger partial charge in [-0.1, -0.05) is 6.92 Å². The Hall–Kier alpha value is -1.42. The van der Waals surface area contributed by atoms with Gasteiger partial charge in [-0.05, 0) is 25.6 Å². The molecule has 0 unspecified atom stereocenters. The molecule has 0 atom stereocenters. The van der Waals surface area contributed by atoms with Crippen molar-refractivity contribution in [1.82, 2.24) is 20.3 Å². The molecule has 0 bridgehead atoms. The van der Waals surface area contributed by atoms with Crippen molar-refractivity contribution in [3.63, 3.8) is 0 Å². The van der Waals surface area contributed by atoms with Crippen molar-refractivity contribution in [2.75, 3.05) is 6.54 Å². The Labute approximate surface area is 82.8 Å². The van der Waals surface area contributed by atoms with Crippen LogP contribution in [0, 0.1) is 6.92 Å². The fourth-order valence-corrected chi connectivity index (χ4v) is 1.36. The molecule has 14 heavy (non-hydrogen) atoms. The van der Waals surface area contributed by atoms with Crippen molar-refractivity contribution in [2.45, 2.75) is 20.4 Å². The summed E-state index contributed by atoms with van der Waals surface area (Å²) in [4.78, 5) is 11.9. The monoisotopic (exact) mass is 190 g/mol. The molecule has 0 saturated carbocycles. The van der Waals surface area contributed by atoms with Gasteiger partial charge in [-0.3, -0.25) is 0 Å². The number of hydrogen-bond donors (Lipinski definition) is 2. The first-order chi connectivity index (χ1) is 6.79. The summed E-state index contributed by atoms with van der Waals surface area (Å²) < 4.78 is 0. The lowest BCUT2D eigenvalue weighted by molar-refractivity contribution is 0.700. The second-order valence-electron chi connectivity index (χ2n) is 3.29. The number of aryl methyl sites for hydroxylation is 1. The van der Waals surface area contributed by atoms with E-state index in [0.717, 1.165) is 35.8 Å². The molecule has 0 saturated heterocycles. The summed E-state index contributed by atoms with van der Waals surface area (Å²) in [6.07, 6.45) is 0. The maximum absolute atomic E-state index is 4.38. The zero-order chi connectivity index (χ0) is 9.97. The Bertz CT molecular complexity index is 433. The first-order valence-electron chi connectivity index (χ1n) is 4.82. The standard InChI is InChI=1S/C10H14N4/c1-3-11-6-9-13-8-5-4-7(2)12-10(8)14-9/h4-5,11H,3,6H2,1-2H3,(H,12,13,14). The van der Waals surface area contributed by atoms with Crippen LogP contribution in [0.1, 0.15) is 18.4 Å². The maximum Gasteiger partial charge on any atom is 0.177 e. The molecule has 2 N–H and O–H groups in total. The van der Waals surface area contributed by atoms with Crippen molar-refractivity contribution >= 4 is 11.2 Å². The molecule has 4 nitrogen and oxygen atoms in total. The van der Waals surface area contributed by atoms with Gasteiger partial charge in [0, 0.05) is 5.69 Å². The van der Waals surface area contributed by atoms with Crippen LogP contribution in [-0.4, -0.2) is 21.5 Å². The number of rotatable bonds is 3. The van der Waals surface area contributed by atoms with Gasteiger partial charge < -0.3 is 10.3 Å². The summed E-state index contributed by atoms with van der Waals surface area (Å²) >= 11 is 0. The first-order valence-corrected chi connectivity index (χ1v) is 4.82. The van der Waals surface area contributed by atoms with Gasteiger partial charge in [0.1, 0.15) is 5.82 Å². The first kappa shape index (κ1) is 9.15. The van der Waals surface area contributed by atoms with Crippen LogP contribution in [0.5, 0.6) is 0 Å². The molecule has 0 amide bonds. The topological polar surface area (TPSA) is 53.6 Å². The van der Waals surface area contributed by atoms with E-state index in [0.29, 0.717) is 0 Å². The van der Waals surface area contributed by atoms with Crippen molar-refractivity contribution in [3.8, 4) is 0 Å². The summed E-state index contributed by atoms with van der Waals surface area (Å²) in [5, 5.41) is 3.22. The largest absolute Gasteiger partial charge is 0.340 e. The molecule has 0 fully saturated rings. The van der Waals surface area contributed by atoms with Gasteiger partial charge in [-0.2, -0.15) is 0 Å². The Morgan fingerprint density at radius 2 is 2.21 bits per heavy atom. The van der Waals surface area contributed by atoms with E-state index in [-0.39, 0.29) is 0 Å². The summed E-state index contributed by atoms with van der Waals surface area (Å²) in [6.45, 7) is 5.76. The highest BCUT2D eigenvalue weighted by molar-refractivity contribution is 5.70. The minimum atomic E-state index is 0.770. The highest BCUT2D eigenvalue weighted by Crippen LogP contribution is 2.09. The molecule has 2 rings (SSSR count). The van der Waals surface area contributed by atoms with Crippen LogP contribution in [0.15, 0.2) is 12.1 Å². The van der Waals surface area contributed by atoms with E-state index in [9.17, 15) is 0 Å². The average molecular weight is 190 g/mol. The molecule has 0 radical (unpaired) electrons. The maximum atomic E-state index is 4.38. The third-order valence-corrected chi connectivity index (χ3v) is 2.08. The highest BCUT2D eigenvalue weighted by Gasteiger charge is 2.02. The Kier molecular flexibility index (Phi) is 2.45. The molecule has 2 heterocycles. The average Bonchev–Trinajstić information content (AvgIpc) is 2.56. The normalized spacial score (nSPS) is 11.0. The molecule has 2 aromatic rings. The van der Waals surface area contributed by atoms with Gasteiger partial charge in [0.25, 0.3) is 0 Å². The van der Waals surface area contributed by atoms with E-state index in [1.54, 1.807) is 0 Å². The molecule has 0 aliphatic carbocycles. The van der Waals surface area contributed by atoms with Gasteiger partial charge in [0.2, 0.25) is 0 Å². The molecule has 0 aliphatic rings.